The van der Waals surface area contributed by atoms with Crippen LogP contribution in [0, 0.1) is 17.3 Å². The van der Waals surface area contributed by atoms with Gasteiger partial charge in [-0.15, -0.1) is 0 Å². The van der Waals surface area contributed by atoms with Gasteiger partial charge in [0.15, 0.2) is 0 Å². The first-order valence-electron chi connectivity index (χ1n) is 9.06. The molecule has 1 saturated carbocycles. The Balaban J connectivity index is 1.77. The van der Waals surface area contributed by atoms with Gasteiger partial charge in [-0.05, 0) is 64.2 Å². The third-order valence-corrected chi connectivity index (χ3v) is 5.16. The van der Waals surface area contributed by atoms with Gasteiger partial charge in [-0.25, -0.2) is 4.79 Å². The summed E-state index contributed by atoms with van der Waals surface area (Å²) >= 11 is 0. The van der Waals surface area contributed by atoms with Crippen LogP contribution in [0.4, 0.5) is 4.79 Å². The standard InChI is InChI=1S/C19H33NO3/c1-18(2,3)23-17(22)20-10-7-14(8-11-20)12-15-6-9-19(4,5)13-16(15)21/h14-15H,6-13H2,1-5H3/t15-/m0/s1. The SMILES string of the molecule is CC1(C)CC[C@@H](CC2CCN(C(=O)OC(C)(C)C)CC2)C(=O)C1. The van der Waals surface area contributed by atoms with E-state index in [4.69, 9.17) is 4.74 Å². The van der Waals surface area contributed by atoms with Gasteiger partial charge in [-0.2, -0.15) is 0 Å². The topological polar surface area (TPSA) is 46.6 Å². The molecule has 0 aromatic rings. The van der Waals surface area contributed by atoms with E-state index in [9.17, 15) is 9.59 Å². The predicted octanol–water partition coefficient (Wildman–Crippen LogP) is 4.42. The zero-order valence-electron chi connectivity index (χ0n) is 15.5. The van der Waals surface area contributed by atoms with Gasteiger partial charge in [0, 0.05) is 25.4 Å². The Labute approximate surface area is 140 Å². The zero-order valence-corrected chi connectivity index (χ0v) is 15.5. The molecule has 4 nitrogen and oxygen atoms in total. The number of hydrogen-bond acceptors (Lipinski definition) is 3. The van der Waals surface area contributed by atoms with Crippen molar-refractivity contribution in [3.63, 3.8) is 0 Å². The Morgan fingerprint density at radius 2 is 1.83 bits per heavy atom. The molecule has 0 spiro atoms. The second-order valence-electron chi connectivity index (χ2n) is 9.19. The van der Waals surface area contributed by atoms with Crippen molar-refractivity contribution in [1.82, 2.24) is 4.90 Å². The lowest BCUT2D eigenvalue weighted by atomic mass is 9.69. The predicted molar refractivity (Wildman–Crippen MR) is 91.3 cm³/mol. The number of rotatable bonds is 2. The van der Waals surface area contributed by atoms with Gasteiger partial charge in [0.2, 0.25) is 0 Å². The van der Waals surface area contributed by atoms with E-state index in [0.717, 1.165) is 51.6 Å². The van der Waals surface area contributed by atoms with Gasteiger partial charge < -0.3 is 9.64 Å². The summed E-state index contributed by atoms with van der Waals surface area (Å²) in [6, 6.07) is 0. The molecule has 2 fully saturated rings. The molecule has 1 heterocycles. The summed E-state index contributed by atoms with van der Waals surface area (Å²) in [5.74, 6) is 1.28. The van der Waals surface area contributed by atoms with Gasteiger partial charge in [-0.1, -0.05) is 13.8 Å². The molecule has 0 bridgehead atoms. The lowest BCUT2D eigenvalue weighted by Crippen LogP contribution is -2.42. The van der Waals surface area contributed by atoms with Crippen molar-refractivity contribution in [3.8, 4) is 0 Å². The van der Waals surface area contributed by atoms with Crippen LogP contribution < -0.4 is 0 Å². The minimum Gasteiger partial charge on any atom is -0.444 e. The molecule has 1 aliphatic carbocycles. The Morgan fingerprint density at radius 3 is 2.35 bits per heavy atom. The van der Waals surface area contributed by atoms with E-state index in [1.807, 2.05) is 25.7 Å². The van der Waals surface area contributed by atoms with Crippen molar-refractivity contribution in [3.05, 3.63) is 0 Å². The van der Waals surface area contributed by atoms with Gasteiger partial charge in [0.05, 0.1) is 0 Å². The molecule has 4 heteroatoms. The number of ketones is 1. The van der Waals surface area contributed by atoms with Gasteiger partial charge in [0.1, 0.15) is 11.4 Å². The maximum Gasteiger partial charge on any atom is 0.410 e. The summed E-state index contributed by atoms with van der Waals surface area (Å²) in [6.07, 6.45) is 5.72. The van der Waals surface area contributed by atoms with Crippen molar-refractivity contribution >= 4 is 11.9 Å². The highest BCUT2D eigenvalue weighted by atomic mass is 16.6. The van der Waals surface area contributed by atoms with Crippen molar-refractivity contribution in [2.24, 2.45) is 17.3 Å². The summed E-state index contributed by atoms with van der Waals surface area (Å²) in [5.41, 5.74) is -0.247. The van der Waals surface area contributed by atoms with Crippen molar-refractivity contribution in [1.29, 1.82) is 0 Å². The maximum absolute atomic E-state index is 12.3. The molecular formula is C19H33NO3. The summed E-state index contributed by atoms with van der Waals surface area (Å²) in [7, 11) is 0. The minimum atomic E-state index is -0.435. The fraction of sp³-hybridized carbons (Fsp3) is 0.895. The largest absolute Gasteiger partial charge is 0.444 e. The molecule has 1 amide bonds. The second kappa shape index (κ2) is 6.82. The highest BCUT2D eigenvalue weighted by Gasteiger charge is 2.35. The highest BCUT2D eigenvalue weighted by Crippen LogP contribution is 2.39. The first-order valence-corrected chi connectivity index (χ1v) is 9.06. The Bertz CT molecular complexity index is 442. The van der Waals surface area contributed by atoms with Crippen molar-refractivity contribution in [2.45, 2.75) is 78.7 Å². The van der Waals surface area contributed by atoms with E-state index >= 15 is 0 Å². The lowest BCUT2D eigenvalue weighted by molar-refractivity contribution is -0.128. The molecule has 0 N–H and O–H groups in total. The van der Waals surface area contributed by atoms with Crippen LogP contribution in [0.25, 0.3) is 0 Å². The maximum atomic E-state index is 12.3. The quantitative estimate of drug-likeness (QED) is 0.756. The fourth-order valence-corrected chi connectivity index (χ4v) is 3.76. The lowest BCUT2D eigenvalue weighted by Gasteiger charge is -2.37. The number of ether oxygens (including phenoxy) is 1. The van der Waals surface area contributed by atoms with E-state index in [1.54, 1.807) is 0 Å². The number of nitrogens with zero attached hydrogens (tertiary/aromatic N) is 1. The number of likely N-dealkylation sites (tertiary alicyclic amines) is 1. The minimum absolute atomic E-state index is 0.188. The fourth-order valence-electron chi connectivity index (χ4n) is 3.76. The van der Waals surface area contributed by atoms with E-state index in [1.165, 1.54) is 0 Å². The summed E-state index contributed by atoms with van der Waals surface area (Å²) < 4.78 is 5.44. The van der Waals surface area contributed by atoms with Crippen LogP contribution in [0.3, 0.4) is 0 Å². The first-order chi connectivity index (χ1) is 10.6. The van der Waals surface area contributed by atoms with Gasteiger partial charge in [-0.3, -0.25) is 4.79 Å². The smallest absolute Gasteiger partial charge is 0.410 e. The van der Waals surface area contributed by atoms with Crippen molar-refractivity contribution in [2.75, 3.05) is 13.1 Å². The molecule has 1 atom stereocenters. The number of carbonyl (C=O) groups is 2. The van der Waals surface area contributed by atoms with Crippen LogP contribution in [-0.2, 0) is 9.53 Å². The highest BCUT2D eigenvalue weighted by molar-refractivity contribution is 5.82. The summed E-state index contributed by atoms with van der Waals surface area (Å²) in [4.78, 5) is 26.2. The molecule has 23 heavy (non-hydrogen) atoms. The second-order valence-corrected chi connectivity index (χ2v) is 9.19. The van der Waals surface area contributed by atoms with E-state index in [2.05, 4.69) is 13.8 Å². The van der Waals surface area contributed by atoms with Crippen LogP contribution in [0.1, 0.15) is 73.1 Å². The number of Topliss-reactive ketones (excluding diaryl/α,β-unsaturated/α-hetero) is 1. The van der Waals surface area contributed by atoms with E-state index in [0.29, 0.717) is 11.7 Å². The monoisotopic (exact) mass is 323 g/mol. The third-order valence-electron chi connectivity index (χ3n) is 5.16. The van der Waals surface area contributed by atoms with E-state index in [-0.39, 0.29) is 17.4 Å². The van der Waals surface area contributed by atoms with Crippen molar-refractivity contribution < 1.29 is 14.3 Å². The molecule has 0 aromatic carbocycles. The molecular weight excluding hydrogens is 290 g/mol. The van der Waals surface area contributed by atoms with Gasteiger partial charge in [0.25, 0.3) is 0 Å². The Morgan fingerprint density at radius 1 is 1.22 bits per heavy atom. The van der Waals surface area contributed by atoms with Crippen LogP contribution in [0.5, 0.6) is 0 Å². The number of hydrogen-bond donors (Lipinski definition) is 0. The number of piperidine rings is 1. The molecule has 132 valence electrons. The van der Waals surface area contributed by atoms with Crippen LogP contribution in [0.15, 0.2) is 0 Å². The first kappa shape index (κ1) is 18.3. The van der Waals surface area contributed by atoms with Crippen LogP contribution >= 0.6 is 0 Å². The summed E-state index contributed by atoms with van der Waals surface area (Å²) in [5, 5.41) is 0. The zero-order chi connectivity index (χ0) is 17.3. The molecule has 2 aliphatic rings. The third kappa shape index (κ3) is 5.50. The van der Waals surface area contributed by atoms with Crippen LogP contribution in [0.2, 0.25) is 0 Å². The Hall–Kier alpha value is -1.06. The molecule has 0 aromatic heterocycles. The molecule has 0 unspecified atom stereocenters. The number of carbonyl (C=O) groups excluding carboxylic acids is 2. The molecule has 1 saturated heterocycles. The van der Waals surface area contributed by atoms with E-state index < -0.39 is 5.60 Å². The normalized spacial score (nSPS) is 26.2. The van der Waals surface area contributed by atoms with Crippen LogP contribution in [-0.4, -0.2) is 35.5 Å². The number of amides is 1. The van der Waals surface area contributed by atoms with Gasteiger partial charge >= 0.3 is 6.09 Å². The molecule has 1 aliphatic heterocycles. The average Bonchev–Trinajstić information content (AvgIpc) is 2.40. The Kier molecular flexibility index (Phi) is 5.42. The average molecular weight is 323 g/mol. The molecule has 0 radical (unpaired) electrons. The summed E-state index contributed by atoms with van der Waals surface area (Å²) in [6.45, 7) is 11.6. The molecule has 2 rings (SSSR count).